The predicted molar refractivity (Wildman–Crippen MR) is 107 cm³/mol. The number of hydrogen-bond donors (Lipinski definition) is 1. The van der Waals surface area contributed by atoms with Crippen molar-refractivity contribution in [1.29, 1.82) is 0 Å². The van der Waals surface area contributed by atoms with E-state index in [-0.39, 0.29) is 18.1 Å². The van der Waals surface area contributed by atoms with Crippen LogP contribution in [0.5, 0.6) is 5.75 Å². The van der Waals surface area contributed by atoms with Crippen LogP contribution in [0.15, 0.2) is 66.4 Å². The Morgan fingerprint density at radius 3 is 2.45 bits per heavy atom. The van der Waals surface area contributed by atoms with Crippen LogP contribution in [0.25, 0.3) is 0 Å². The number of hydrogen-bond acceptors (Lipinski definition) is 5. The van der Waals surface area contributed by atoms with Gasteiger partial charge in [-0.25, -0.2) is 4.79 Å². The van der Waals surface area contributed by atoms with Crippen LogP contribution >= 0.6 is 0 Å². The maximum absolute atomic E-state index is 12.4. The number of rotatable bonds is 7. The fourth-order valence-corrected chi connectivity index (χ4v) is 3.05. The van der Waals surface area contributed by atoms with Gasteiger partial charge in [-0.1, -0.05) is 30.3 Å². The lowest BCUT2D eigenvalue weighted by atomic mass is 10.0. The van der Waals surface area contributed by atoms with Crippen molar-refractivity contribution in [3.8, 4) is 5.75 Å². The first kappa shape index (κ1) is 20.3. The Morgan fingerprint density at radius 1 is 1.07 bits per heavy atom. The minimum atomic E-state index is -0.817. The largest absolute Gasteiger partial charge is 0.467 e. The fourth-order valence-electron chi connectivity index (χ4n) is 3.05. The number of benzene rings is 2. The maximum atomic E-state index is 12.4. The van der Waals surface area contributed by atoms with E-state index in [0.29, 0.717) is 23.5 Å². The van der Waals surface area contributed by atoms with E-state index in [2.05, 4.69) is 5.32 Å². The van der Waals surface area contributed by atoms with Crippen LogP contribution in [0, 0.1) is 0 Å². The van der Waals surface area contributed by atoms with Crippen LogP contribution in [0.4, 0.5) is 0 Å². The van der Waals surface area contributed by atoms with Crippen molar-refractivity contribution >= 4 is 17.7 Å². The molecule has 3 rings (SSSR count). The van der Waals surface area contributed by atoms with E-state index in [4.69, 9.17) is 9.47 Å². The van der Waals surface area contributed by atoms with Crippen LogP contribution < -0.4 is 10.1 Å². The topological polar surface area (TPSA) is 81.7 Å². The van der Waals surface area contributed by atoms with Gasteiger partial charge in [-0.3, -0.25) is 9.59 Å². The predicted octanol–water partition coefficient (Wildman–Crippen LogP) is 3.22. The van der Waals surface area contributed by atoms with E-state index in [0.717, 1.165) is 18.4 Å². The maximum Gasteiger partial charge on any atom is 0.328 e. The fraction of sp³-hybridized carbons (Fsp3) is 0.261. The number of esters is 1. The second-order valence-corrected chi connectivity index (χ2v) is 6.75. The summed E-state index contributed by atoms with van der Waals surface area (Å²) in [5.41, 5.74) is 1.29. The summed E-state index contributed by atoms with van der Waals surface area (Å²) >= 11 is 0. The van der Waals surface area contributed by atoms with Gasteiger partial charge < -0.3 is 14.8 Å². The smallest absolute Gasteiger partial charge is 0.328 e. The molecular formula is C23H23NO5. The normalized spacial score (nSPS) is 14.5. The molecule has 1 aliphatic rings. The zero-order valence-corrected chi connectivity index (χ0v) is 16.2. The van der Waals surface area contributed by atoms with Gasteiger partial charge in [0.05, 0.1) is 7.11 Å². The average molecular weight is 393 g/mol. The Morgan fingerprint density at radius 2 is 1.79 bits per heavy atom. The van der Waals surface area contributed by atoms with Gasteiger partial charge in [-0.05, 0) is 48.7 Å². The summed E-state index contributed by atoms with van der Waals surface area (Å²) in [6.45, 7) is 0. The van der Waals surface area contributed by atoms with Crippen LogP contribution in [0.1, 0.15) is 35.2 Å². The quantitative estimate of drug-likeness (QED) is 0.731. The van der Waals surface area contributed by atoms with Gasteiger partial charge in [-0.2, -0.15) is 0 Å². The minimum Gasteiger partial charge on any atom is -0.467 e. The first-order valence-corrected chi connectivity index (χ1v) is 9.50. The molecular weight excluding hydrogens is 370 g/mol. The van der Waals surface area contributed by atoms with Gasteiger partial charge >= 0.3 is 5.97 Å². The molecule has 1 amide bonds. The van der Waals surface area contributed by atoms with E-state index >= 15 is 0 Å². The number of allylic oxidation sites excluding steroid dienone is 2. The van der Waals surface area contributed by atoms with Gasteiger partial charge in [0.2, 0.25) is 0 Å². The lowest BCUT2D eigenvalue weighted by Gasteiger charge is -2.17. The van der Waals surface area contributed by atoms with Crippen LogP contribution in [0.2, 0.25) is 0 Å². The minimum absolute atomic E-state index is 0.00899. The number of carbonyl (C=O) groups excluding carboxylic acids is 3. The van der Waals surface area contributed by atoms with Crippen molar-refractivity contribution in [3.63, 3.8) is 0 Å². The van der Waals surface area contributed by atoms with Crippen LogP contribution in [-0.4, -0.2) is 30.8 Å². The molecule has 0 bridgehead atoms. The molecule has 0 aromatic heterocycles. The Bertz CT molecular complexity index is 903. The number of ether oxygens (including phenoxy) is 2. The summed E-state index contributed by atoms with van der Waals surface area (Å²) in [6.07, 6.45) is 4.28. The molecule has 0 spiro atoms. The molecule has 0 radical (unpaired) electrons. The second-order valence-electron chi connectivity index (χ2n) is 6.75. The van der Waals surface area contributed by atoms with Gasteiger partial charge in [0.15, 0.2) is 11.5 Å². The van der Waals surface area contributed by atoms with Crippen molar-refractivity contribution in [2.24, 2.45) is 0 Å². The highest BCUT2D eigenvalue weighted by molar-refractivity contribution is 5.96. The summed E-state index contributed by atoms with van der Waals surface area (Å²) in [7, 11) is 1.29. The zero-order chi connectivity index (χ0) is 20.6. The third-order valence-corrected chi connectivity index (χ3v) is 4.63. The molecule has 1 aliphatic carbocycles. The van der Waals surface area contributed by atoms with Crippen LogP contribution in [0.3, 0.4) is 0 Å². The highest BCUT2D eigenvalue weighted by Gasteiger charge is 2.23. The first-order chi connectivity index (χ1) is 14.1. The Kier molecular flexibility index (Phi) is 6.79. The zero-order valence-electron chi connectivity index (χ0n) is 16.2. The van der Waals surface area contributed by atoms with Crippen molar-refractivity contribution in [2.45, 2.75) is 31.7 Å². The summed E-state index contributed by atoms with van der Waals surface area (Å²) in [4.78, 5) is 36.4. The molecule has 0 saturated carbocycles. The summed E-state index contributed by atoms with van der Waals surface area (Å²) in [6, 6.07) is 14.9. The van der Waals surface area contributed by atoms with Gasteiger partial charge in [-0.15, -0.1) is 0 Å². The highest BCUT2D eigenvalue weighted by Crippen LogP contribution is 2.21. The summed E-state index contributed by atoms with van der Waals surface area (Å²) in [5.74, 6) is 0.0794. The number of methoxy groups -OCH3 is 1. The van der Waals surface area contributed by atoms with Crippen LogP contribution in [-0.2, 0) is 20.7 Å². The summed E-state index contributed by atoms with van der Waals surface area (Å²) < 4.78 is 10.5. The molecule has 1 N–H and O–H groups in total. The van der Waals surface area contributed by atoms with E-state index in [1.54, 1.807) is 48.5 Å². The Labute approximate surface area is 169 Å². The SMILES string of the molecule is COC(=O)C(Cc1ccc(OC2=CCCCC2=O)cc1)NC(=O)c1ccccc1. The molecule has 150 valence electrons. The van der Waals surface area contributed by atoms with Gasteiger partial charge in [0, 0.05) is 18.4 Å². The molecule has 2 aromatic rings. The Hall–Kier alpha value is -3.41. The van der Waals surface area contributed by atoms with E-state index in [1.807, 2.05) is 12.1 Å². The summed E-state index contributed by atoms with van der Waals surface area (Å²) in [5, 5.41) is 2.72. The van der Waals surface area contributed by atoms with E-state index in [1.165, 1.54) is 7.11 Å². The monoisotopic (exact) mass is 393 g/mol. The Balaban J connectivity index is 1.66. The standard InChI is InChI=1S/C23H23NO5/c1-28-23(27)19(24-22(26)17-7-3-2-4-8-17)15-16-11-13-18(14-12-16)29-21-10-6-5-9-20(21)25/h2-4,7-8,10-14,19H,5-6,9,15H2,1H3,(H,24,26). The lowest BCUT2D eigenvalue weighted by molar-refractivity contribution is -0.142. The lowest BCUT2D eigenvalue weighted by Crippen LogP contribution is -2.43. The van der Waals surface area contributed by atoms with Crippen molar-refractivity contribution in [2.75, 3.05) is 7.11 Å². The molecule has 0 heterocycles. The third kappa shape index (κ3) is 5.54. The number of Topliss-reactive ketones (excluding diaryl/α,β-unsaturated/α-hetero) is 1. The molecule has 0 aliphatic heterocycles. The molecule has 1 atom stereocenters. The van der Waals surface area contributed by atoms with E-state index < -0.39 is 12.0 Å². The van der Waals surface area contributed by atoms with Crippen molar-refractivity contribution in [1.82, 2.24) is 5.32 Å². The second kappa shape index (κ2) is 9.68. The first-order valence-electron chi connectivity index (χ1n) is 9.50. The van der Waals surface area contributed by atoms with Crippen molar-refractivity contribution in [3.05, 3.63) is 77.6 Å². The van der Waals surface area contributed by atoms with Crippen molar-refractivity contribution < 1.29 is 23.9 Å². The van der Waals surface area contributed by atoms with Gasteiger partial charge in [0.1, 0.15) is 11.8 Å². The third-order valence-electron chi connectivity index (χ3n) is 4.63. The van der Waals surface area contributed by atoms with E-state index in [9.17, 15) is 14.4 Å². The molecule has 0 saturated heterocycles. The number of carbonyl (C=O) groups is 3. The number of ketones is 1. The molecule has 2 aromatic carbocycles. The number of amides is 1. The number of nitrogens with one attached hydrogen (secondary N) is 1. The molecule has 6 nitrogen and oxygen atoms in total. The van der Waals surface area contributed by atoms with Gasteiger partial charge in [0.25, 0.3) is 5.91 Å². The molecule has 1 unspecified atom stereocenters. The average Bonchev–Trinajstić information content (AvgIpc) is 2.76. The molecule has 6 heteroatoms. The molecule has 29 heavy (non-hydrogen) atoms. The highest BCUT2D eigenvalue weighted by atomic mass is 16.5. The molecule has 0 fully saturated rings.